The molecule has 0 aliphatic heterocycles. The molecule has 6 heteroatoms. The van der Waals surface area contributed by atoms with E-state index < -0.39 is 0 Å². The van der Waals surface area contributed by atoms with Crippen LogP contribution in [0, 0.1) is 12.8 Å². The molecule has 0 amide bonds. The number of aryl methyl sites for hydroxylation is 1. The molecule has 0 unspecified atom stereocenters. The monoisotopic (exact) mass is 327 g/mol. The fourth-order valence-corrected chi connectivity index (χ4v) is 3.44. The normalized spacial score (nSPS) is 24.1. The van der Waals surface area contributed by atoms with E-state index in [0.717, 1.165) is 55.2 Å². The van der Waals surface area contributed by atoms with Crippen LogP contribution in [0.1, 0.15) is 49.8 Å². The van der Waals surface area contributed by atoms with E-state index in [9.17, 15) is 0 Å². The van der Waals surface area contributed by atoms with E-state index in [-0.39, 0.29) is 0 Å². The van der Waals surface area contributed by atoms with E-state index in [1.807, 2.05) is 13.0 Å². The van der Waals surface area contributed by atoms with Gasteiger partial charge in [-0.1, -0.05) is 5.16 Å². The molecule has 24 heavy (non-hydrogen) atoms. The predicted octanol–water partition coefficient (Wildman–Crippen LogP) is 3.07. The second-order valence-electron chi connectivity index (χ2n) is 7.24. The smallest absolute Gasteiger partial charge is 0.223 e. The Bertz CT molecular complexity index is 701. The second kappa shape index (κ2) is 6.51. The van der Waals surface area contributed by atoms with Crippen molar-refractivity contribution in [1.82, 2.24) is 15.1 Å². The first-order chi connectivity index (χ1) is 11.7. The second-order valence-corrected chi connectivity index (χ2v) is 7.24. The largest absolute Gasteiger partial charge is 0.354 e. The van der Waals surface area contributed by atoms with Gasteiger partial charge in [0, 0.05) is 23.8 Å². The van der Waals surface area contributed by atoms with E-state index in [2.05, 4.69) is 20.4 Å². The lowest BCUT2D eigenvalue weighted by Gasteiger charge is -2.26. The molecule has 2 heterocycles. The lowest BCUT2D eigenvalue weighted by Crippen LogP contribution is -2.33. The maximum atomic E-state index is 5.98. The molecule has 0 atom stereocenters. The zero-order valence-electron chi connectivity index (χ0n) is 14.2. The van der Waals surface area contributed by atoms with Crippen LogP contribution in [0.25, 0.3) is 11.5 Å². The van der Waals surface area contributed by atoms with Crippen molar-refractivity contribution in [3.05, 3.63) is 23.5 Å². The SMILES string of the molecule is Cc1noc(-c2ccnc(NC3CCC(N)CC3)n2)c1CC1CC1. The molecular formula is C18H25N5O. The molecule has 128 valence electrons. The van der Waals surface area contributed by atoms with Crippen molar-refractivity contribution in [2.45, 2.75) is 64.0 Å². The lowest BCUT2D eigenvalue weighted by atomic mass is 9.92. The van der Waals surface area contributed by atoms with Crippen LogP contribution in [0.3, 0.4) is 0 Å². The first-order valence-electron chi connectivity index (χ1n) is 8.99. The molecule has 3 N–H and O–H groups in total. The van der Waals surface area contributed by atoms with Crippen molar-refractivity contribution < 1.29 is 4.52 Å². The number of nitrogens with zero attached hydrogens (tertiary/aromatic N) is 3. The summed E-state index contributed by atoms with van der Waals surface area (Å²) in [6.07, 6.45) is 9.71. The highest BCUT2D eigenvalue weighted by molar-refractivity contribution is 5.59. The third-order valence-electron chi connectivity index (χ3n) is 5.17. The molecule has 0 spiro atoms. The van der Waals surface area contributed by atoms with Gasteiger partial charge in [-0.15, -0.1) is 0 Å². The van der Waals surface area contributed by atoms with Gasteiger partial charge in [0.15, 0.2) is 5.76 Å². The maximum Gasteiger partial charge on any atom is 0.223 e. The maximum absolute atomic E-state index is 5.98. The Morgan fingerprint density at radius 2 is 2.00 bits per heavy atom. The summed E-state index contributed by atoms with van der Waals surface area (Å²) >= 11 is 0. The van der Waals surface area contributed by atoms with Crippen molar-refractivity contribution in [2.75, 3.05) is 5.32 Å². The number of nitrogens with one attached hydrogen (secondary N) is 1. The fourth-order valence-electron chi connectivity index (χ4n) is 3.44. The van der Waals surface area contributed by atoms with Crippen LogP contribution in [-0.4, -0.2) is 27.2 Å². The van der Waals surface area contributed by atoms with Gasteiger partial charge in [0.1, 0.15) is 5.69 Å². The molecule has 6 nitrogen and oxygen atoms in total. The number of nitrogens with two attached hydrogens (primary N) is 1. The Balaban J connectivity index is 1.52. The molecule has 2 fully saturated rings. The van der Waals surface area contributed by atoms with Gasteiger partial charge in [0.05, 0.1) is 5.69 Å². The van der Waals surface area contributed by atoms with Crippen LogP contribution in [0.5, 0.6) is 0 Å². The Kier molecular flexibility index (Phi) is 4.22. The van der Waals surface area contributed by atoms with Crippen molar-refractivity contribution in [2.24, 2.45) is 11.7 Å². The Labute approximate surface area is 142 Å². The van der Waals surface area contributed by atoms with E-state index in [4.69, 9.17) is 10.3 Å². The number of aromatic nitrogens is 3. The summed E-state index contributed by atoms with van der Waals surface area (Å²) in [5.41, 5.74) is 8.97. The van der Waals surface area contributed by atoms with E-state index >= 15 is 0 Å². The Morgan fingerprint density at radius 1 is 1.21 bits per heavy atom. The van der Waals surface area contributed by atoms with E-state index in [0.29, 0.717) is 18.0 Å². The first kappa shape index (κ1) is 15.6. The van der Waals surface area contributed by atoms with Gasteiger partial charge in [-0.2, -0.15) is 0 Å². The summed E-state index contributed by atoms with van der Waals surface area (Å²) in [6, 6.07) is 2.65. The molecule has 0 bridgehead atoms. The summed E-state index contributed by atoms with van der Waals surface area (Å²) in [5.74, 6) is 2.25. The third-order valence-corrected chi connectivity index (χ3v) is 5.17. The van der Waals surface area contributed by atoms with Gasteiger partial charge in [-0.25, -0.2) is 9.97 Å². The molecule has 2 aliphatic rings. The standard InChI is InChI=1S/C18H25N5O/c1-11-15(10-12-2-3-12)17(24-23-11)16-8-9-20-18(22-16)21-14-6-4-13(19)5-7-14/h8-9,12-14H,2-7,10,19H2,1H3,(H,20,21,22). The van der Waals surface area contributed by atoms with Gasteiger partial charge in [0.2, 0.25) is 5.95 Å². The zero-order chi connectivity index (χ0) is 16.5. The highest BCUT2D eigenvalue weighted by atomic mass is 16.5. The van der Waals surface area contributed by atoms with Crippen LogP contribution in [0.2, 0.25) is 0 Å². The van der Waals surface area contributed by atoms with Crippen LogP contribution in [-0.2, 0) is 6.42 Å². The lowest BCUT2D eigenvalue weighted by molar-refractivity contribution is 0.409. The van der Waals surface area contributed by atoms with Crippen molar-refractivity contribution in [3.63, 3.8) is 0 Å². The zero-order valence-corrected chi connectivity index (χ0v) is 14.2. The van der Waals surface area contributed by atoms with Gasteiger partial charge in [-0.05, 0) is 63.9 Å². The van der Waals surface area contributed by atoms with Gasteiger partial charge in [0.25, 0.3) is 0 Å². The Morgan fingerprint density at radius 3 is 2.75 bits per heavy atom. The molecule has 0 radical (unpaired) electrons. The third kappa shape index (κ3) is 3.43. The first-order valence-corrected chi connectivity index (χ1v) is 8.99. The summed E-state index contributed by atoms with van der Waals surface area (Å²) in [5, 5.41) is 7.61. The number of rotatable bonds is 5. The Hall–Kier alpha value is -1.95. The highest BCUT2D eigenvalue weighted by Crippen LogP contribution is 2.36. The molecule has 0 saturated heterocycles. The van der Waals surface area contributed by atoms with Gasteiger partial charge < -0.3 is 15.6 Å². The van der Waals surface area contributed by atoms with Crippen LogP contribution in [0.15, 0.2) is 16.8 Å². The van der Waals surface area contributed by atoms with Gasteiger partial charge in [-0.3, -0.25) is 0 Å². The molecule has 2 saturated carbocycles. The topological polar surface area (TPSA) is 89.9 Å². The average molecular weight is 327 g/mol. The molecular weight excluding hydrogens is 302 g/mol. The minimum absolute atomic E-state index is 0.345. The van der Waals surface area contributed by atoms with Crippen molar-refractivity contribution >= 4 is 5.95 Å². The summed E-state index contributed by atoms with van der Waals surface area (Å²) in [4.78, 5) is 9.04. The van der Waals surface area contributed by atoms with Gasteiger partial charge >= 0.3 is 0 Å². The molecule has 2 aromatic rings. The van der Waals surface area contributed by atoms with Crippen LogP contribution >= 0.6 is 0 Å². The molecule has 0 aromatic carbocycles. The summed E-state index contributed by atoms with van der Waals surface area (Å²) in [7, 11) is 0. The number of anilines is 1. The molecule has 2 aliphatic carbocycles. The quantitative estimate of drug-likeness (QED) is 0.877. The predicted molar refractivity (Wildman–Crippen MR) is 92.5 cm³/mol. The minimum Gasteiger partial charge on any atom is -0.354 e. The van der Waals surface area contributed by atoms with E-state index in [1.54, 1.807) is 6.20 Å². The highest BCUT2D eigenvalue weighted by Gasteiger charge is 2.27. The van der Waals surface area contributed by atoms with Crippen LogP contribution in [0.4, 0.5) is 5.95 Å². The van der Waals surface area contributed by atoms with Crippen molar-refractivity contribution in [1.29, 1.82) is 0 Å². The van der Waals surface area contributed by atoms with Crippen molar-refractivity contribution in [3.8, 4) is 11.5 Å². The number of hydrogen-bond donors (Lipinski definition) is 2. The van der Waals surface area contributed by atoms with E-state index in [1.165, 1.54) is 18.4 Å². The summed E-state index contributed by atoms with van der Waals surface area (Å²) in [6.45, 7) is 2.01. The van der Waals surface area contributed by atoms with Crippen LogP contribution < -0.4 is 11.1 Å². The minimum atomic E-state index is 0.345. The molecule has 2 aromatic heterocycles. The average Bonchev–Trinajstić information content (AvgIpc) is 3.33. The molecule has 4 rings (SSSR count). The summed E-state index contributed by atoms with van der Waals surface area (Å²) < 4.78 is 5.58. The fraction of sp³-hybridized carbons (Fsp3) is 0.611. The number of hydrogen-bond acceptors (Lipinski definition) is 6.